The van der Waals surface area contributed by atoms with E-state index in [2.05, 4.69) is 22.4 Å². The highest BCUT2D eigenvalue weighted by atomic mass is 16.3. The first-order valence-corrected chi connectivity index (χ1v) is 8.61. The van der Waals surface area contributed by atoms with E-state index < -0.39 is 0 Å². The smallest absolute Gasteiger partial charge is 0.272 e. The maximum Gasteiger partial charge on any atom is 0.272 e. The monoisotopic (exact) mass is 347 g/mol. The molecule has 0 spiro atoms. The average molecular weight is 347 g/mol. The van der Waals surface area contributed by atoms with Crippen LogP contribution in [0.4, 0.5) is 0 Å². The Labute approximate surface area is 152 Å². The van der Waals surface area contributed by atoms with Crippen LogP contribution >= 0.6 is 0 Å². The molecule has 0 fully saturated rings. The van der Waals surface area contributed by atoms with Crippen LogP contribution in [0.5, 0.6) is 0 Å². The van der Waals surface area contributed by atoms with Gasteiger partial charge in [-0.05, 0) is 49.3 Å². The molecule has 5 heteroatoms. The number of fused-ring (bicyclic) bond motifs is 1. The van der Waals surface area contributed by atoms with Crippen molar-refractivity contribution in [1.29, 1.82) is 0 Å². The van der Waals surface area contributed by atoms with E-state index in [1.165, 1.54) is 0 Å². The third-order valence-corrected chi connectivity index (χ3v) is 3.87. The fraction of sp³-hybridized carbons (Fsp3) is 0.190. The summed E-state index contributed by atoms with van der Waals surface area (Å²) < 4.78 is 5.25. The van der Waals surface area contributed by atoms with Crippen molar-refractivity contribution < 1.29 is 9.21 Å². The Hall–Kier alpha value is -3.21. The number of hydrogen-bond donors (Lipinski definition) is 1. The molecule has 0 unspecified atom stereocenters. The van der Waals surface area contributed by atoms with Crippen LogP contribution in [-0.4, -0.2) is 17.1 Å². The van der Waals surface area contributed by atoms with Gasteiger partial charge in [0.05, 0.1) is 23.6 Å². The Bertz CT molecular complexity index is 957. The number of amides is 1. The number of benzene rings is 1. The number of pyridine rings is 1. The Balaban J connectivity index is 1.80. The van der Waals surface area contributed by atoms with Gasteiger partial charge in [0, 0.05) is 11.1 Å². The molecule has 1 N–H and O–H groups in total. The topological polar surface area (TPSA) is 67.5 Å². The van der Waals surface area contributed by atoms with Gasteiger partial charge in [-0.25, -0.2) is 5.43 Å². The third kappa shape index (κ3) is 4.25. The second-order valence-electron chi connectivity index (χ2n) is 6.03. The first kappa shape index (κ1) is 17.6. The maximum atomic E-state index is 12.6. The van der Waals surface area contributed by atoms with Gasteiger partial charge in [0.15, 0.2) is 0 Å². The van der Waals surface area contributed by atoms with Gasteiger partial charge in [0.2, 0.25) is 0 Å². The van der Waals surface area contributed by atoms with Crippen molar-refractivity contribution in [2.24, 2.45) is 5.10 Å². The fourth-order valence-electron chi connectivity index (χ4n) is 2.69. The number of rotatable bonds is 6. The number of hydrogen-bond acceptors (Lipinski definition) is 4. The van der Waals surface area contributed by atoms with Gasteiger partial charge in [-0.2, -0.15) is 5.10 Å². The summed E-state index contributed by atoms with van der Waals surface area (Å²) in [5.74, 6) is 0.493. The number of furan rings is 1. The summed E-state index contributed by atoms with van der Waals surface area (Å²) in [4.78, 5) is 17.2. The summed E-state index contributed by atoms with van der Waals surface area (Å²) in [5, 5.41) is 4.88. The molecule has 0 radical (unpaired) electrons. The van der Waals surface area contributed by atoms with Gasteiger partial charge < -0.3 is 4.42 Å². The third-order valence-electron chi connectivity index (χ3n) is 3.87. The summed E-state index contributed by atoms with van der Waals surface area (Å²) in [6.07, 6.45) is 6.86. The van der Waals surface area contributed by atoms with Gasteiger partial charge in [-0.15, -0.1) is 0 Å². The summed E-state index contributed by atoms with van der Waals surface area (Å²) >= 11 is 0. The molecule has 132 valence electrons. The number of aromatic nitrogens is 1. The van der Waals surface area contributed by atoms with E-state index in [0.717, 1.165) is 40.8 Å². The van der Waals surface area contributed by atoms with Crippen molar-refractivity contribution in [3.8, 4) is 0 Å². The molecule has 3 aromatic rings. The molecule has 1 aromatic carbocycles. The molecule has 3 rings (SSSR count). The van der Waals surface area contributed by atoms with Crippen LogP contribution in [0.1, 0.15) is 42.1 Å². The zero-order valence-corrected chi connectivity index (χ0v) is 14.9. The average Bonchev–Trinajstić information content (AvgIpc) is 3.14. The second-order valence-corrected chi connectivity index (χ2v) is 6.03. The molecule has 1 amide bonds. The number of nitrogens with one attached hydrogen (secondary N) is 1. The Kier molecular flexibility index (Phi) is 5.59. The van der Waals surface area contributed by atoms with E-state index in [9.17, 15) is 4.79 Å². The molecule has 0 atom stereocenters. The molecule has 5 nitrogen and oxygen atoms in total. The number of nitrogens with zero attached hydrogens (tertiary/aromatic N) is 2. The fourth-order valence-corrected chi connectivity index (χ4v) is 2.69. The molecular weight excluding hydrogens is 326 g/mol. The summed E-state index contributed by atoms with van der Waals surface area (Å²) in [7, 11) is 0. The molecule has 26 heavy (non-hydrogen) atoms. The van der Waals surface area contributed by atoms with Gasteiger partial charge in [0.25, 0.3) is 5.91 Å². The minimum Gasteiger partial charge on any atom is -0.465 e. The number of carbonyl (C=O) groups is 1. The lowest BCUT2D eigenvalue weighted by molar-refractivity contribution is 0.0956. The zero-order valence-electron chi connectivity index (χ0n) is 14.9. The van der Waals surface area contributed by atoms with Crippen molar-refractivity contribution in [2.45, 2.75) is 26.7 Å². The van der Waals surface area contributed by atoms with E-state index >= 15 is 0 Å². The van der Waals surface area contributed by atoms with Gasteiger partial charge >= 0.3 is 0 Å². The van der Waals surface area contributed by atoms with Crippen LogP contribution in [0.2, 0.25) is 0 Å². The number of hydrazone groups is 1. The van der Waals surface area contributed by atoms with Crippen LogP contribution in [0.3, 0.4) is 0 Å². The summed E-state index contributed by atoms with van der Waals surface area (Å²) in [6.45, 7) is 3.98. The Morgan fingerprint density at radius 1 is 1.27 bits per heavy atom. The van der Waals surface area contributed by atoms with E-state index in [4.69, 9.17) is 4.42 Å². The van der Waals surface area contributed by atoms with Crippen LogP contribution in [0, 0.1) is 0 Å². The summed E-state index contributed by atoms with van der Waals surface area (Å²) in [6, 6.07) is 13.2. The quantitative estimate of drug-likeness (QED) is 0.523. The lowest BCUT2D eigenvalue weighted by atomic mass is 10.1. The second kappa shape index (κ2) is 8.25. The van der Waals surface area contributed by atoms with Crippen molar-refractivity contribution >= 4 is 29.1 Å². The van der Waals surface area contributed by atoms with Crippen LogP contribution in [-0.2, 0) is 6.42 Å². The highest BCUT2D eigenvalue weighted by Crippen LogP contribution is 2.19. The lowest BCUT2D eigenvalue weighted by Crippen LogP contribution is -2.18. The molecule has 2 heterocycles. The normalized spacial score (nSPS) is 12.0. The van der Waals surface area contributed by atoms with E-state index in [0.29, 0.717) is 5.56 Å². The van der Waals surface area contributed by atoms with E-state index in [1.54, 1.807) is 12.5 Å². The Morgan fingerprint density at radius 2 is 2.12 bits per heavy atom. The maximum absolute atomic E-state index is 12.6. The number of para-hydroxylation sites is 1. The summed E-state index contributed by atoms with van der Waals surface area (Å²) in [5.41, 5.74) is 5.79. The first-order chi connectivity index (χ1) is 12.7. The van der Waals surface area contributed by atoms with Crippen molar-refractivity contribution in [3.05, 3.63) is 71.3 Å². The van der Waals surface area contributed by atoms with Gasteiger partial charge in [-0.3, -0.25) is 9.78 Å². The highest BCUT2D eigenvalue weighted by Gasteiger charge is 2.12. The molecule has 0 aliphatic rings. The lowest BCUT2D eigenvalue weighted by Gasteiger charge is -2.08. The molecule has 0 aliphatic carbocycles. The minimum atomic E-state index is -0.247. The van der Waals surface area contributed by atoms with Crippen molar-refractivity contribution in [3.63, 3.8) is 0 Å². The van der Waals surface area contributed by atoms with E-state index in [1.807, 2.05) is 55.5 Å². The highest BCUT2D eigenvalue weighted by molar-refractivity contribution is 6.06. The SMILES string of the molecule is CCCc1cc(C(=O)NN=CC(C)=Cc2ccco2)c2ccccc2n1. The number of allylic oxidation sites excluding steroid dienone is 1. The van der Waals surface area contributed by atoms with Gasteiger partial charge in [0.1, 0.15) is 5.76 Å². The Morgan fingerprint density at radius 3 is 2.88 bits per heavy atom. The molecule has 2 aromatic heterocycles. The van der Waals surface area contributed by atoms with Crippen LogP contribution in [0.25, 0.3) is 17.0 Å². The van der Waals surface area contributed by atoms with Crippen molar-refractivity contribution in [2.75, 3.05) is 0 Å². The van der Waals surface area contributed by atoms with Gasteiger partial charge in [-0.1, -0.05) is 31.5 Å². The first-order valence-electron chi connectivity index (χ1n) is 8.61. The van der Waals surface area contributed by atoms with E-state index in [-0.39, 0.29) is 5.91 Å². The number of aryl methyl sites for hydroxylation is 1. The molecular formula is C21H21N3O2. The molecule has 0 bridgehead atoms. The molecule has 0 saturated carbocycles. The minimum absolute atomic E-state index is 0.247. The van der Waals surface area contributed by atoms with Crippen molar-refractivity contribution in [1.82, 2.24) is 10.4 Å². The number of carbonyl (C=O) groups excluding carboxylic acids is 1. The molecule has 0 aliphatic heterocycles. The standard InChI is InChI=1S/C21H21N3O2/c1-3-7-16-13-19(18-9-4-5-10-20(18)23-16)21(25)24-22-14-15(2)12-17-8-6-11-26-17/h4-6,8-14H,3,7H2,1-2H3,(H,24,25). The predicted octanol–water partition coefficient (Wildman–Crippen LogP) is 4.60. The van der Waals surface area contributed by atoms with Crippen LogP contribution in [0.15, 0.2) is 63.8 Å². The van der Waals surface area contributed by atoms with Crippen LogP contribution < -0.4 is 5.43 Å². The largest absolute Gasteiger partial charge is 0.465 e. The predicted molar refractivity (Wildman–Crippen MR) is 104 cm³/mol. The zero-order chi connectivity index (χ0) is 18.4. The molecule has 0 saturated heterocycles.